The number of alkyl halides is 3. The van der Waals surface area contributed by atoms with E-state index in [0.717, 1.165) is 12.0 Å². The standard InChI is InChI=1S/C9H8BrF3O/c1-2-6-3-4-7(5-8(6)10)14-9(11,12)13/h3-5H,2H2,1H3. The Kier molecular flexibility index (Phi) is 3.42. The number of aryl methyl sites for hydroxylation is 1. The van der Waals surface area contributed by atoms with Crippen LogP contribution in [0.15, 0.2) is 22.7 Å². The topological polar surface area (TPSA) is 9.23 Å². The molecule has 5 heteroatoms. The molecule has 1 rings (SSSR count). The van der Waals surface area contributed by atoms with Gasteiger partial charge in [-0.05, 0) is 24.1 Å². The van der Waals surface area contributed by atoms with Gasteiger partial charge in [-0.3, -0.25) is 0 Å². The zero-order valence-electron chi connectivity index (χ0n) is 7.36. The third-order valence-corrected chi connectivity index (χ3v) is 2.38. The zero-order valence-corrected chi connectivity index (χ0v) is 8.95. The van der Waals surface area contributed by atoms with Gasteiger partial charge in [-0.15, -0.1) is 13.2 Å². The predicted molar refractivity (Wildman–Crippen MR) is 50.2 cm³/mol. The van der Waals surface area contributed by atoms with Gasteiger partial charge in [-0.2, -0.15) is 0 Å². The Hall–Kier alpha value is -0.710. The number of halogens is 4. The fraction of sp³-hybridized carbons (Fsp3) is 0.333. The van der Waals surface area contributed by atoms with Crippen LogP contribution in [0.5, 0.6) is 5.75 Å². The highest BCUT2D eigenvalue weighted by Crippen LogP contribution is 2.27. The zero-order chi connectivity index (χ0) is 10.8. The monoisotopic (exact) mass is 268 g/mol. The third-order valence-electron chi connectivity index (χ3n) is 1.64. The molecule has 0 aliphatic heterocycles. The maximum Gasteiger partial charge on any atom is 0.573 e. The number of rotatable bonds is 2. The van der Waals surface area contributed by atoms with E-state index in [9.17, 15) is 13.2 Å². The summed E-state index contributed by atoms with van der Waals surface area (Å²) >= 11 is 3.17. The summed E-state index contributed by atoms with van der Waals surface area (Å²) in [5.74, 6) is -0.207. The highest BCUT2D eigenvalue weighted by Gasteiger charge is 2.31. The average molecular weight is 269 g/mol. The molecule has 0 radical (unpaired) electrons. The van der Waals surface area contributed by atoms with Crippen molar-refractivity contribution in [2.45, 2.75) is 19.7 Å². The fourth-order valence-corrected chi connectivity index (χ4v) is 1.65. The van der Waals surface area contributed by atoms with Crippen LogP contribution in [0, 0.1) is 0 Å². The van der Waals surface area contributed by atoms with Gasteiger partial charge in [-0.25, -0.2) is 0 Å². The molecule has 0 atom stereocenters. The smallest absolute Gasteiger partial charge is 0.406 e. The van der Waals surface area contributed by atoms with Crippen molar-refractivity contribution in [1.29, 1.82) is 0 Å². The van der Waals surface area contributed by atoms with Crippen LogP contribution in [0.3, 0.4) is 0 Å². The van der Waals surface area contributed by atoms with Gasteiger partial charge in [0.2, 0.25) is 0 Å². The Bertz CT molecular complexity index is 322. The average Bonchev–Trinajstić information content (AvgIpc) is 2.01. The lowest BCUT2D eigenvalue weighted by molar-refractivity contribution is -0.274. The van der Waals surface area contributed by atoms with Gasteiger partial charge in [0, 0.05) is 4.47 Å². The lowest BCUT2D eigenvalue weighted by Crippen LogP contribution is -2.17. The summed E-state index contributed by atoms with van der Waals surface area (Å²) in [7, 11) is 0. The van der Waals surface area contributed by atoms with Crippen molar-refractivity contribution in [2.24, 2.45) is 0 Å². The van der Waals surface area contributed by atoms with Crippen LogP contribution in [0.4, 0.5) is 13.2 Å². The number of hydrogen-bond donors (Lipinski definition) is 0. The lowest BCUT2D eigenvalue weighted by atomic mass is 10.2. The van der Waals surface area contributed by atoms with Crippen LogP contribution < -0.4 is 4.74 Å². The molecule has 0 aromatic heterocycles. The third kappa shape index (κ3) is 3.21. The Morgan fingerprint density at radius 2 is 2.00 bits per heavy atom. The predicted octanol–water partition coefficient (Wildman–Crippen LogP) is 3.91. The van der Waals surface area contributed by atoms with Crippen molar-refractivity contribution in [1.82, 2.24) is 0 Å². The Balaban J connectivity index is 2.87. The summed E-state index contributed by atoms with van der Waals surface area (Å²) in [5, 5.41) is 0. The van der Waals surface area contributed by atoms with E-state index in [4.69, 9.17) is 0 Å². The van der Waals surface area contributed by atoms with Crippen molar-refractivity contribution >= 4 is 15.9 Å². The fourth-order valence-electron chi connectivity index (χ4n) is 1.01. The molecule has 1 aromatic rings. The molecule has 1 aromatic carbocycles. The van der Waals surface area contributed by atoms with Gasteiger partial charge < -0.3 is 4.74 Å². The summed E-state index contributed by atoms with van der Waals surface area (Å²) in [4.78, 5) is 0. The SMILES string of the molecule is CCc1ccc(OC(F)(F)F)cc1Br. The van der Waals surface area contributed by atoms with Gasteiger partial charge >= 0.3 is 6.36 Å². The van der Waals surface area contributed by atoms with E-state index in [1.165, 1.54) is 12.1 Å². The minimum atomic E-state index is -4.63. The van der Waals surface area contributed by atoms with Crippen LogP contribution in [0.25, 0.3) is 0 Å². The van der Waals surface area contributed by atoms with Gasteiger partial charge in [0.25, 0.3) is 0 Å². The minimum absolute atomic E-state index is 0.207. The molecule has 78 valence electrons. The van der Waals surface area contributed by atoms with E-state index in [2.05, 4.69) is 20.7 Å². The lowest BCUT2D eigenvalue weighted by Gasteiger charge is -2.10. The number of benzene rings is 1. The largest absolute Gasteiger partial charge is 0.573 e. The molecule has 1 nitrogen and oxygen atoms in total. The van der Waals surface area contributed by atoms with E-state index in [0.29, 0.717) is 4.47 Å². The summed E-state index contributed by atoms with van der Waals surface area (Å²) in [6.07, 6.45) is -3.87. The Morgan fingerprint density at radius 3 is 2.43 bits per heavy atom. The first kappa shape index (κ1) is 11.4. The van der Waals surface area contributed by atoms with Crippen molar-refractivity contribution in [3.05, 3.63) is 28.2 Å². The number of ether oxygens (including phenoxy) is 1. The Labute approximate surface area is 88.0 Å². The molecule has 0 saturated heterocycles. The first-order chi connectivity index (χ1) is 6.42. The van der Waals surface area contributed by atoms with E-state index < -0.39 is 6.36 Å². The summed E-state index contributed by atoms with van der Waals surface area (Å²) in [6, 6.07) is 4.22. The van der Waals surface area contributed by atoms with E-state index in [-0.39, 0.29) is 5.75 Å². The molecule has 0 fully saturated rings. The van der Waals surface area contributed by atoms with Gasteiger partial charge in [0.05, 0.1) is 0 Å². The Morgan fingerprint density at radius 1 is 1.36 bits per heavy atom. The maximum atomic E-state index is 11.8. The second-order valence-corrected chi connectivity index (χ2v) is 3.51. The van der Waals surface area contributed by atoms with Crippen molar-refractivity contribution < 1.29 is 17.9 Å². The molecular formula is C9H8BrF3O. The molecule has 0 aliphatic rings. The van der Waals surface area contributed by atoms with E-state index >= 15 is 0 Å². The second kappa shape index (κ2) is 4.21. The van der Waals surface area contributed by atoms with Gasteiger partial charge in [0.15, 0.2) is 0 Å². The summed E-state index contributed by atoms with van der Waals surface area (Å²) < 4.78 is 39.8. The maximum absolute atomic E-state index is 11.8. The quantitative estimate of drug-likeness (QED) is 0.790. The van der Waals surface area contributed by atoms with Crippen LogP contribution in [-0.2, 0) is 6.42 Å². The van der Waals surface area contributed by atoms with Crippen molar-refractivity contribution in [2.75, 3.05) is 0 Å². The summed E-state index contributed by atoms with van der Waals surface area (Å²) in [5.41, 5.74) is 0.944. The number of hydrogen-bond acceptors (Lipinski definition) is 1. The van der Waals surface area contributed by atoms with Crippen LogP contribution in [0.1, 0.15) is 12.5 Å². The molecule has 0 aliphatic carbocycles. The first-order valence-corrected chi connectivity index (χ1v) is 4.76. The second-order valence-electron chi connectivity index (χ2n) is 2.65. The van der Waals surface area contributed by atoms with Crippen LogP contribution in [-0.4, -0.2) is 6.36 Å². The molecule has 14 heavy (non-hydrogen) atoms. The minimum Gasteiger partial charge on any atom is -0.406 e. The van der Waals surface area contributed by atoms with E-state index in [1.807, 2.05) is 6.92 Å². The van der Waals surface area contributed by atoms with Gasteiger partial charge in [-0.1, -0.05) is 28.9 Å². The van der Waals surface area contributed by atoms with Crippen LogP contribution in [0.2, 0.25) is 0 Å². The highest BCUT2D eigenvalue weighted by molar-refractivity contribution is 9.10. The van der Waals surface area contributed by atoms with Crippen molar-refractivity contribution in [3.8, 4) is 5.75 Å². The molecular weight excluding hydrogens is 261 g/mol. The van der Waals surface area contributed by atoms with Crippen molar-refractivity contribution in [3.63, 3.8) is 0 Å². The molecule has 0 spiro atoms. The first-order valence-electron chi connectivity index (χ1n) is 3.96. The molecule has 0 unspecified atom stereocenters. The highest BCUT2D eigenvalue weighted by atomic mass is 79.9. The van der Waals surface area contributed by atoms with E-state index in [1.54, 1.807) is 6.07 Å². The van der Waals surface area contributed by atoms with Gasteiger partial charge in [0.1, 0.15) is 5.75 Å². The molecule has 0 saturated carbocycles. The molecule has 0 N–H and O–H groups in total. The normalized spacial score (nSPS) is 11.5. The van der Waals surface area contributed by atoms with Crippen LogP contribution >= 0.6 is 15.9 Å². The molecule has 0 heterocycles. The summed E-state index contributed by atoms with van der Waals surface area (Å²) in [6.45, 7) is 1.92. The molecule has 0 bridgehead atoms. The molecule has 0 amide bonds.